The highest BCUT2D eigenvalue weighted by atomic mass is 35.5. The van der Waals surface area contributed by atoms with Crippen LogP contribution in [0.2, 0.25) is 5.02 Å². The lowest BCUT2D eigenvalue weighted by atomic mass is 9.89. The number of aromatic nitrogens is 2. The van der Waals surface area contributed by atoms with Crippen LogP contribution in [0.1, 0.15) is 37.6 Å². The van der Waals surface area contributed by atoms with Crippen molar-refractivity contribution in [3.05, 3.63) is 52.3 Å². The predicted molar refractivity (Wildman–Crippen MR) is 83.9 cm³/mol. The Labute approximate surface area is 126 Å². The van der Waals surface area contributed by atoms with Gasteiger partial charge in [-0.05, 0) is 11.6 Å². The third kappa shape index (κ3) is 3.62. The summed E-state index contributed by atoms with van der Waals surface area (Å²) in [6, 6.07) is 7.92. The SMILES string of the molecule is Cn1cc(CNCc2ccccc2Cl)c(C(C)(C)C)n1. The van der Waals surface area contributed by atoms with Gasteiger partial charge >= 0.3 is 0 Å². The van der Waals surface area contributed by atoms with E-state index in [0.29, 0.717) is 0 Å². The Morgan fingerprint density at radius 3 is 2.45 bits per heavy atom. The topological polar surface area (TPSA) is 29.9 Å². The van der Waals surface area contributed by atoms with Gasteiger partial charge in [0.05, 0.1) is 5.69 Å². The molecule has 0 aliphatic rings. The monoisotopic (exact) mass is 291 g/mol. The summed E-state index contributed by atoms with van der Waals surface area (Å²) in [4.78, 5) is 0. The summed E-state index contributed by atoms with van der Waals surface area (Å²) < 4.78 is 1.88. The van der Waals surface area contributed by atoms with Gasteiger partial charge in [-0.15, -0.1) is 0 Å². The number of hydrogen-bond acceptors (Lipinski definition) is 2. The molecule has 20 heavy (non-hydrogen) atoms. The molecule has 4 heteroatoms. The standard InChI is InChI=1S/C16H22ClN3/c1-16(2,3)15-13(11-20(4)19-15)10-18-9-12-7-5-6-8-14(12)17/h5-8,11,18H,9-10H2,1-4H3. The fourth-order valence-corrected chi connectivity index (χ4v) is 2.47. The first kappa shape index (κ1) is 15.1. The molecule has 0 radical (unpaired) electrons. The maximum atomic E-state index is 6.16. The Hall–Kier alpha value is -1.32. The number of benzene rings is 1. The van der Waals surface area contributed by atoms with Gasteiger partial charge in [0.25, 0.3) is 0 Å². The molecule has 0 unspecified atom stereocenters. The Morgan fingerprint density at radius 2 is 1.80 bits per heavy atom. The number of aryl methyl sites for hydroxylation is 1. The molecule has 0 aliphatic carbocycles. The van der Waals surface area contributed by atoms with Crippen molar-refractivity contribution >= 4 is 11.6 Å². The third-order valence-electron chi connectivity index (χ3n) is 3.20. The summed E-state index contributed by atoms with van der Waals surface area (Å²) in [6.07, 6.45) is 2.08. The van der Waals surface area contributed by atoms with Crippen molar-refractivity contribution in [3.8, 4) is 0 Å². The molecule has 0 aliphatic heterocycles. The largest absolute Gasteiger partial charge is 0.308 e. The van der Waals surface area contributed by atoms with Crippen molar-refractivity contribution in [2.45, 2.75) is 39.3 Å². The Bertz CT molecular complexity index is 582. The van der Waals surface area contributed by atoms with Crippen molar-refractivity contribution in [1.29, 1.82) is 0 Å². The maximum Gasteiger partial charge on any atom is 0.0722 e. The molecule has 0 bridgehead atoms. The van der Waals surface area contributed by atoms with Crippen LogP contribution in [-0.2, 0) is 25.6 Å². The predicted octanol–water partition coefficient (Wildman–Crippen LogP) is 3.66. The summed E-state index contributed by atoms with van der Waals surface area (Å²) in [5.74, 6) is 0. The molecule has 0 amide bonds. The molecule has 0 saturated heterocycles. The fraction of sp³-hybridized carbons (Fsp3) is 0.438. The highest BCUT2D eigenvalue weighted by molar-refractivity contribution is 6.31. The van der Waals surface area contributed by atoms with E-state index < -0.39 is 0 Å². The van der Waals surface area contributed by atoms with Crippen LogP contribution in [0.4, 0.5) is 0 Å². The quantitative estimate of drug-likeness (QED) is 0.932. The average molecular weight is 292 g/mol. The van der Waals surface area contributed by atoms with Gasteiger partial charge in [0.15, 0.2) is 0 Å². The van der Waals surface area contributed by atoms with Gasteiger partial charge < -0.3 is 5.32 Å². The smallest absolute Gasteiger partial charge is 0.0722 e. The summed E-state index contributed by atoms with van der Waals surface area (Å²) in [7, 11) is 1.97. The van der Waals surface area contributed by atoms with E-state index in [9.17, 15) is 0 Å². The second-order valence-corrected chi connectivity index (χ2v) is 6.53. The van der Waals surface area contributed by atoms with E-state index in [4.69, 9.17) is 11.6 Å². The van der Waals surface area contributed by atoms with E-state index in [0.717, 1.165) is 29.4 Å². The van der Waals surface area contributed by atoms with Crippen molar-refractivity contribution in [2.24, 2.45) is 7.05 Å². The van der Waals surface area contributed by atoms with Gasteiger partial charge in [-0.2, -0.15) is 5.10 Å². The van der Waals surface area contributed by atoms with Crippen LogP contribution >= 0.6 is 11.6 Å². The Balaban J connectivity index is 2.03. The van der Waals surface area contributed by atoms with Crippen LogP contribution in [0, 0.1) is 0 Å². The van der Waals surface area contributed by atoms with Gasteiger partial charge in [0, 0.05) is 42.3 Å². The molecule has 2 aromatic rings. The second-order valence-electron chi connectivity index (χ2n) is 6.12. The maximum absolute atomic E-state index is 6.16. The van der Waals surface area contributed by atoms with Crippen molar-refractivity contribution in [3.63, 3.8) is 0 Å². The van der Waals surface area contributed by atoms with E-state index >= 15 is 0 Å². The lowest BCUT2D eigenvalue weighted by Crippen LogP contribution is -2.19. The van der Waals surface area contributed by atoms with Crippen molar-refractivity contribution in [2.75, 3.05) is 0 Å². The van der Waals surface area contributed by atoms with Crippen LogP contribution in [0.25, 0.3) is 0 Å². The molecule has 1 heterocycles. The molecule has 0 atom stereocenters. The summed E-state index contributed by atoms with van der Waals surface area (Å²) in [5.41, 5.74) is 3.57. The first-order valence-electron chi connectivity index (χ1n) is 6.85. The lowest BCUT2D eigenvalue weighted by Gasteiger charge is -2.17. The molecule has 0 fully saturated rings. The van der Waals surface area contributed by atoms with E-state index in [1.807, 2.05) is 36.0 Å². The molecular formula is C16H22ClN3. The first-order valence-corrected chi connectivity index (χ1v) is 7.23. The van der Waals surface area contributed by atoms with Gasteiger partial charge in [0.1, 0.15) is 0 Å². The molecule has 1 aromatic carbocycles. The molecule has 2 rings (SSSR count). The number of nitrogens with one attached hydrogen (secondary N) is 1. The zero-order chi connectivity index (χ0) is 14.8. The summed E-state index contributed by atoms with van der Waals surface area (Å²) >= 11 is 6.16. The van der Waals surface area contributed by atoms with Gasteiger partial charge in [-0.25, -0.2) is 0 Å². The molecule has 0 saturated carbocycles. The molecule has 1 aromatic heterocycles. The van der Waals surface area contributed by atoms with Crippen molar-refractivity contribution in [1.82, 2.24) is 15.1 Å². The van der Waals surface area contributed by atoms with Gasteiger partial charge in [-0.3, -0.25) is 4.68 Å². The molecule has 108 valence electrons. The Kier molecular flexibility index (Phi) is 4.51. The summed E-state index contributed by atoms with van der Waals surface area (Å²) in [6.45, 7) is 8.12. The van der Waals surface area contributed by atoms with E-state index in [1.165, 1.54) is 5.56 Å². The zero-order valence-electron chi connectivity index (χ0n) is 12.6. The van der Waals surface area contributed by atoms with Crippen LogP contribution in [-0.4, -0.2) is 9.78 Å². The Morgan fingerprint density at radius 1 is 1.15 bits per heavy atom. The summed E-state index contributed by atoms with van der Waals surface area (Å²) in [5, 5.41) is 8.83. The number of hydrogen-bond donors (Lipinski definition) is 1. The number of nitrogens with zero attached hydrogens (tertiary/aromatic N) is 2. The second kappa shape index (κ2) is 5.98. The molecule has 3 nitrogen and oxygen atoms in total. The highest BCUT2D eigenvalue weighted by Crippen LogP contribution is 2.24. The minimum atomic E-state index is 0.0582. The normalized spacial score (nSPS) is 11.8. The van der Waals surface area contributed by atoms with Crippen LogP contribution < -0.4 is 5.32 Å². The number of rotatable bonds is 4. The van der Waals surface area contributed by atoms with Gasteiger partial charge in [-0.1, -0.05) is 50.6 Å². The zero-order valence-corrected chi connectivity index (χ0v) is 13.3. The average Bonchev–Trinajstić information content (AvgIpc) is 2.73. The van der Waals surface area contributed by atoms with Crippen LogP contribution in [0.15, 0.2) is 30.5 Å². The minimum absolute atomic E-state index is 0.0582. The third-order valence-corrected chi connectivity index (χ3v) is 3.57. The van der Waals surface area contributed by atoms with E-state index in [1.54, 1.807) is 0 Å². The first-order chi connectivity index (χ1) is 9.38. The van der Waals surface area contributed by atoms with Crippen LogP contribution in [0.3, 0.4) is 0 Å². The molecule has 1 N–H and O–H groups in total. The van der Waals surface area contributed by atoms with E-state index in [2.05, 4.69) is 37.4 Å². The highest BCUT2D eigenvalue weighted by Gasteiger charge is 2.21. The lowest BCUT2D eigenvalue weighted by molar-refractivity contribution is 0.543. The van der Waals surface area contributed by atoms with Crippen molar-refractivity contribution < 1.29 is 0 Å². The molecular weight excluding hydrogens is 270 g/mol. The number of halogens is 1. The van der Waals surface area contributed by atoms with Gasteiger partial charge in [0.2, 0.25) is 0 Å². The molecule has 0 spiro atoms. The van der Waals surface area contributed by atoms with E-state index in [-0.39, 0.29) is 5.41 Å². The minimum Gasteiger partial charge on any atom is -0.308 e. The fourth-order valence-electron chi connectivity index (χ4n) is 2.27. The van der Waals surface area contributed by atoms with Crippen LogP contribution in [0.5, 0.6) is 0 Å².